The van der Waals surface area contributed by atoms with Crippen LogP contribution in [0.5, 0.6) is 11.5 Å². The highest BCUT2D eigenvalue weighted by atomic mass is 32.2. The number of nitrogens with two attached hydrogens (primary N) is 1. The molecule has 0 aliphatic heterocycles. The van der Waals surface area contributed by atoms with Gasteiger partial charge in [-0.1, -0.05) is 47.2 Å². The number of ether oxygens (including phenoxy) is 2. The van der Waals surface area contributed by atoms with Crippen LogP contribution in [-0.2, 0) is 12.4 Å². The SMILES string of the molecule is COc1cccc(OCc2nnc(SCc3cc(C)cc(C)c3)n2N)c1. The van der Waals surface area contributed by atoms with E-state index in [2.05, 4.69) is 42.2 Å². The van der Waals surface area contributed by atoms with Gasteiger partial charge in [-0.15, -0.1) is 10.2 Å². The minimum absolute atomic E-state index is 0.237. The fourth-order valence-corrected chi connectivity index (χ4v) is 3.45. The van der Waals surface area contributed by atoms with Gasteiger partial charge >= 0.3 is 0 Å². The first-order chi connectivity index (χ1) is 12.5. The van der Waals surface area contributed by atoms with Crippen molar-refractivity contribution in [3.8, 4) is 11.5 Å². The van der Waals surface area contributed by atoms with Gasteiger partial charge in [-0.05, 0) is 31.5 Å². The maximum atomic E-state index is 6.11. The van der Waals surface area contributed by atoms with Gasteiger partial charge in [0, 0.05) is 11.8 Å². The lowest BCUT2D eigenvalue weighted by Gasteiger charge is -2.08. The van der Waals surface area contributed by atoms with Crippen LogP contribution in [0.1, 0.15) is 22.5 Å². The van der Waals surface area contributed by atoms with Gasteiger partial charge in [-0.2, -0.15) is 0 Å². The summed E-state index contributed by atoms with van der Waals surface area (Å²) in [6.45, 7) is 4.43. The van der Waals surface area contributed by atoms with Crippen LogP contribution in [0.15, 0.2) is 47.6 Å². The van der Waals surface area contributed by atoms with E-state index in [9.17, 15) is 0 Å². The molecule has 1 heterocycles. The Balaban J connectivity index is 1.62. The molecule has 0 unspecified atom stereocenters. The second-order valence-electron chi connectivity index (χ2n) is 6.02. The first kappa shape index (κ1) is 18.1. The third-order valence-corrected chi connectivity index (χ3v) is 4.81. The van der Waals surface area contributed by atoms with Crippen molar-refractivity contribution in [3.05, 3.63) is 65.0 Å². The molecule has 26 heavy (non-hydrogen) atoms. The molecule has 7 heteroatoms. The van der Waals surface area contributed by atoms with Crippen LogP contribution in [-0.4, -0.2) is 22.0 Å². The number of rotatable bonds is 7. The predicted octanol–water partition coefficient (Wildman–Crippen LogP) is 3.49. The van der Waals surface area contributed by atoms with Crippen LogP contribution in [0.25, 0.3) is 0 Å². The van der Waals surface area contributed by atoms with Crippen LogP contribution in [0.2, 0.25) is 0 Å². The van der Waals surface area contributed by atoms with Gasteiger partial charge in [0.25, 0.3) is 0 Å². The molecule has 6 nitrogen and oxygen atoms in total. The van der Waals surface area contributed by atoms with Crippen molar-refractivity contribution in [2.75, 3.05) is 13.0 Å². The van der Waals surface area contributed by atoms with Crippen molar-refractivity contribution < 1.29 is 9.47 Å². The summed E-state index contributed by atoms with van der Waals surface area (Å²) in [5.41, 5.74) is 3.74. The summed E-state index contributed by atoms with van der Waals surface area (Å²) in [5.74, 6) is 8.89. The third-order valence-electron chi connectivity index (χ3n) is 3.79. The van der Waals surface area contributed by atoms with E-state index in [1.807, 2.05) is 24.3 Å². The molecule has 0 atom stereocenters. The Morgan fingerprint density at radius 1 is 1.04 bits per heavy atom. The molecule has 0 spiro atoms. The van der Waals surface area contributed by atoms with Crippen molar-refractivity contribution in [2.45, 2.75) is 31.4 Å². The minimum Gasteiger partial charge on any atom is -0.497 e. The summed E-state index contributed by atoms with van der Waals surface area (Å²) in [6.07, 6.45) is 0. The number of nitrogens with zero attached hydrogens (tertiary/aromatic N) is 3. The molecule has 0 saturated heterocycles. The van der Waals surface area contributed by atoms with E-state index in [-0.39, 0.29) is 6.61 Å². The van der Waals surface area contributed by atoms with E-state index in [0.717, 1.165) is 11.5 Å². The number of benzene rings is 2. The van der Waals surface area contributed by atoms with E-state index < -0.39 is 0 Å². The van der Waals surface area contributed by atoms with Gasteiger partial charge < -0.3 is 15.3 Å². The Hall–Kier alpha value is -2.67. The summed E-state index contributed by atoms with van der Waals surface area (Å²) in [4.78, 5) is 0. The average molecular weight is 370 g/mol. The number of hydrogen-bond donors (Lipinski definition) is 1. The lowest BCUT2D eigenvalue weighted by molar-refractivity contribution is 0.289. The van der Waals surface area contributed by atoms with Crippen LogP contribution >= 0.6 is 11.8 Å². The van der Waals surface area contributed by atoms with E-state index in [4.69, 9.17) is 15.3 Å². The van der Waals surface area contributed by atoms with Crippen LogP contribution in [0.4, 0.5) is 0 Å². The van der Waals surface area contributed by atoms with E-state index >= 15 is 0 Å². The third kappa shape index (κ3) is 4.49. The van der Waals surface area contributed by atoms with Crippen molar-refractivity contribution in [1.82, 2.24) is 14.9 Å². The number of nitrogen functional groups attached to an aromatic ring is 1. The molecule has 0 bridgehead atoms. The second kappa shape index (κ2) is 8.14. The zero-order chi connectivity index (χ0) is 18.5. The number of aromatic nitrogens is 3. The number of aryl methyl sites for hydroxylation is 2. The zero-order valence-corrected chi connectivity index (χ0v) is 15.9. The molecule has 3 aromatic rings. The minimum atomic E-state index is 0.237. The highest BCUT2D eigenvalue weighted by molar-refractivity contribution is 7.98. The molecule has 0 amide bonds. The maximum Gasteiger partial charge on any atom is 0.210 e. The van der Waals surface area contributed by atoms with Crippen molar-refractivity contribution in [3.63, 3.8) is 0 Å². The maximum absolute atomic E-state index is 6.11. The van der Waals surface area contributed by atoms with Gasteiger partial charge in [-0.25, -0.2) is 4.68 Å². The van der Waals surface area contributed by atoms with Gasteiger partial charge in [0.2, 0.25) is 5.16 Å². The molecule has 0 fully saturated rings. The standard InChI is InChI=1S/C19H22N4O2S/c1-13-7-14(2)9-15(8-13)12-26-19-22-21-18(23(19)20)11-25-17-6-4-5-16(10-17)24-3/h4-10H,11-12,20H2,1-3H3. The monoisotopic (exact) mass is 370 g/mol. The quantitative estimate of drug-likeness (QED) is 0.507. The Bertz CT molecular complexity index is 875. The summed E-state index contributed by atoms with van der Waals surface area (Å²) in [7, 11) is 1.62. The highest BCUT2D eigenvalue weighted by Crippen LogP contribution is 2.23. The number of thioether (sulfide) groups is 1. The molecular weight excluding hydrogens is 348 g/mol. The Labute approximate surface area is 157 Å². The van der Waals surface area contributed by atoms with Gasteiger partial charge in [0.05, 0.1) is 7.11 Å². The molecule has 0 aliphatic carbocycles. The average Bonchev–Trinajstić information content (AvgIpc) is 2.97. The molecule has 1 aromatic heterocycles. The van der Waals surface area contributed by atoms with Crippen LogP contribution in [0, 0.1) is 13.8 Å². The van der Waals surface area contributed by atoms with Crippen molar-refractivity contribution in [2.24, 2.45) is 0 Å². The largest absolute Gasteiger partial charge is 0.497 e. The molecule has 2 N–H and O–H groups in total. The van der Waals surface area contributed by atoms with Gasteiger partial charge in [0.1, 0.15) is 18.1 Å². The first-order valence-corrected chi connectivity index (χ1v) is 9.20. The summed E-state index contributed by atoms with van der Waals surface area (Å²) in [6, 6.07) is 13.9. The molecule has 3 rings (SSSR count). The normalized spacial score (nSPS) is 10.7. The Kier molecular flexibility index (Phi) is 5.68. The zero-order valence-electron chi connectivity index (χ0n) is 15.1. The van der Waals surface area contributed by atoms with Crippen LogP contribution < -0.4 is 15.3 Å². The smallest absolute Gasteiger partial charge is 0.210 e. The summed E-state index contributed by atoms with van der Waals surface area (Å²) in [5, 5.41) is 8.96. The summed E-state index contributed by atoms with van der Waals surface area (Å²) >= 11 is 1.55. The molecule has 0 saturated carbocycles. The fraction of sp³-hybridized carbons (Fsp3) is 0.263. The highest BCUT2D eigenvalue weighted by Gasteiger charge is 2.11. The first-order valence-electron chi connectivity index (χ1n) is 8.21. The fourth-order valence-electron chi connectivity index (χ4n) is 2.64. The van der Waals surface area contributed by atoms with E-state index in [1.54, 1.807) is 18.9 Å². The van der Waals surface area contributed by atoms with E-state index in [1.165, 1.54) is 21.4 Å². The Morgan fingerprint density at radius 3 is 2.50 bits per heavy atom. The van der Waals surface area contributed by atoms with Gasteiger partial charge in [0.15, 0.2) is 5.82 Å². The lowest BCUT2D eigenvalue weighted by Crippen LogP contribution is -2.15. The molecule has 2 aromatic carbocycles. The number of hydrogen-bond acceptors (Lipinski definition) is 6. The van der Waals surface area contributed by atoms with Crippen molar-refractivity contribution >= 4 is 11.8 Å². The molecular formula is C19H22N4O2S. The molecule has 136 valence electrons. The van der Waals surface area contributed by atoms with Gasteiger partial charge in [-0.3, -0.25) is 0 Å². The Morgan fingerprint density at radius 2 is 1.77 bits per heavy atom. The van der Waals surface area contributed by atoms with E-state index in [0.29, 0.717) is 16.7 Å². The topological polar surface area (TPSA) is 75.2 Å². The lowest BCUT2D eigenvalue weighted by atomic mass is 10.1. The predicted molar refractivity (Wildman–Crippen MR) is 103 cm³/mol. The van der Waals surface area contributed by atoms with Crippen molar-refractivity contribution in [1.29, 1.82) is 0 Å². The number of methoxy groups -OCH3 is 1. The molecule has 0 radical (unpaired) electrons. The second-order valence-corrected chi connectivity index (χ2v) is 6.96. The molecule has 0 aliphatic rings. The summed E-state index contributed by atoms with van der Waals surface area (Å²) < 4.78 is 12.4. The van der Waals surface area contributed by atoms with Crippen LogP contribution in [0.3, 0.4) is 0 Å².